The van der Waals surface area contributed by atoms with Gasteiger partial charge in [0.1, 0.15) is 4.32 Å². The van der Waals surface area contributed by atoms with Gasteiger partial charge in [-0.25, -0.2) is 4.79 Å². The fourth-order valence-electron chi connectivity index (χ4n) is 1.83. The maximum absolute atomic E-state index is 11.3. The van der Waals surface area contributed by atoms with E-state index in [4.69, 9.17) is 5.73 Å². The van der Waals surface area contributed by atoms with Crippen molar-refractivity contribution >= 4 is 27.9 Å². The molecule has 0 spiro atoms. The highest BCUT2D eigenvalue weighted by molar-refractivity contribution is 9.10. The fourth-order valence-corrected chi connectivity index (χ4v) is 1.92. The van der Waals surface area contributed by atoms with Crippen molar-refractivity contribution in [1.29, 1.82) is 0 Å². The van der Waals surface area contributed by atoms with Crippen LogP contribution in [0.5, 0.6) is 0 Å². The van der Waals surface area contributed by atoms with Crippen LogP contribution in [0.2, 0.25) is 0 Å². The summed E-state index contributed by atoms with van der Waals surface area (Å²) in [5.74, 6) is -0.375. The molecule has 0 fully saturated rings. The number of primary amides is 1. The minimum absolute atomic E-state index is 0.375. The fraction of sp³-hybridized carbons (Fsp3) is 0.875. The van der Waals surface area contributed by atoms with Crippen LogP contribution >= 0.6 is 15.9 Å². The Bertz CT molecular complexity index is 273. The van der Waals surface area contributed by atoms with E-state index in [0.717, 1.165) is 0 Å². The van der Waals surface area contributed by atoms with E-state index in [-0.39, 0.29) is 5.91 Å². The first-order valence-electron chi connectivity index (χ1n) is 8.17. The van der Waals surface area contributed by atoms with Crippen LogP contribution in [0.15, 0.2) is 0 Å². The summed E-state index contributed by atoms with van der Waals surface area (Å²) >= 11 is 3.26. The molecule has 0 aromatic rings. The van der Waals surface area contributed by atoms with Crippen LogP contribution in [0.3, 0.4) is 0 Å². The number of carbonyl (C=O) groups excluding carboxylic acids is 2. The van der Waals surface area contributed by atoms with Crippen LogP contribution in [0.1, 0.15) is 85.5 Å². The summed E-state index contributed by atoms with van der Waals surface area (Å²) in [5.41, 5.74) is 4.81. The number of nitrogens with two attached hydrogens (primary N) is 1. The van der Waals surface area contributed by atoms with Gasteiger partial charge in [0.15, 0.2) is 0 Å². The number of halogens is 1. The second kappa shape index (κ2) is 14.4. The third-order valence-electron chi connectivity index (χ3n) is 3.47. The van der Waals surface area contributed by atoms with Gasteiger partial charge in [0.25, 0.3) is 0 Å². The van der Waals surface area contributed by atoms with Gasteiger partial charge >= 0.3 is 6.03 Å². The Kier molecular flexibility index (Phi) is 15.5. The molecule has 0 rings (SSSR count). The molecule has 0 bridgehead atoms. The molecule has 0 aliphatic heterocycles. The highest BCUT2D eigenvalue weighted by Gasteiger charge is 2.32. The lowest BCUT2D eigenvalue weighted by molar-refractivity contribution is -0.122. The highest BCUT2D eigenvalue weighted by atomic mass is 79.9. The van der Waals surface area contributed by atoms with E-state index in [0.29, 0.717) is 12.8 Å². The lowest BCUT2D eigenvalue weighted by Gasteiger charge is -2.21. The summed E-state index contributed by atoms with van der Waals surface area (Å²) in [6, 6.07) is -0.814. The van der Waals surface area contributed by atoms with Crippen LogP contribution in [-0.2, 0) is 4.79 Å². The topological polar surface area (TPSA) is 72.2 Å². The molecular formula is C16H33BrN2O2. The Morgan fingerprint density at radius 1 is 0.905 bits per heavy atom. The Hall–Kier alpha value is -0.580. The number of imide groups is 1. The third kappa shape index (κ3) is 12.8. The summed E-state index contributed by atoms with van der Waals surface area (Å²) < 4.78 is -0.665. The number of nitrogens with one attached hydrogen (secondary N) is 1. The molecular weight excluding hydrogens is 332 g/mol. The van der Waals surface area contributed by atoms with Crippen LogP contribution in [0, 0.1) is 0 Å². The number of alkyl halides is 1. The molecule has 5 heteroatoms. The highest BCUT2D eigenvalue weighted by Crippen LogP contribution is 2.26. The van der Waals surface area contributed by atoms with Gasteiger partial charge in [-0.1, -0.05) is 88.6 Å². The minimum atomic E-state index is -0.814. The van der Waals surface area contributed by atoms with E-state index in [1.807, 2.05) is 19.2 Å². The second-order valence-corrected chi connectivity index (χ2v) is 6.78. The van der Waals surface area contributed by atoms with Crippen LogP contribution in [0.4, 0.5) is 4.79 Å². The molecule has 21 heavy (non-hydrogen) atoms. The minimum Gasteiger partial charge on any atom is -0.351 e. The van der Waals surface area contributed by atoms with Crippen LogP contribution < -0.4 is 11.1 Å². The standard InChI is InChI=1S/C9H20.C7H13BrN2O2/c1-3-5-7-9-8-6-4-2;1-3-7(8,4-2)5(11)10-6(9)12/h3-9H2,1-2H3;3-4H2,1-2H3,(H3,9,10,11,12). The Morgan fingerprint density at radius 2 is 1.29 bits per heavy atom. The molecule has 0 aromatic heterocycles. The molecule has 3 amide bonds. The van der Waals surface area contributed by atoms with Gasteiger partial charge in [-0.05, 0) is 12.8 Å². The first-order chi connectivity index (χ1) is 9.87. The van der Waals surface area contributed by atoms with Crippen molar-refractivity contribution < 1.29 is 9.59 Å². The average Bonchev–Trinajstić information content (AvgIpc) is 2.46. The predicted octanol–water partition coefficient (Wildman–Crippen LogP) is 4.89. The number of rotatable bonds is 9. The quantitative estimate of drug-likeness (QED) is 0.451. The van der Waals surface area contributed by atoms with Crippen LogP contribution in [-0.4, -0.2) is 16.3 Å². The zero-order chi connectivity index (χ0) is 16.7. The summed E-state index contributed by atoms with van der Waals surface area (Å²) in [5, 5.41) is 2.04. The zero-order valence-corrected chi connectivity index (χ0v) is 15.7. The summed E-state index contributed by atoms with van der Waals surface area (Å²) in [6.45, 7) is 8.25. The molecule has 0 aromatic carbocycles. The number of amides is 3. The molecule has 3 N–H and O–H groups in total. The smallest absolute Gasteiger partial charge is 0.318 e. The maximum atomic E-state index is 11.3. The second-order valence-electron chi connectivity index (χ2n) is 5.26. The average molecular weight is 365 g/mol. The number of unbranched alkanes of at least 4 members (excludes halogenated alkanes) is 6. The molecule has 0 aliphatic carbocycles. The normalized spacial score (nSPS) is 10.5. The largest absolute Gasteiger partial charge is 0.351 e. The lowest BCUT2D eigenvalue weighted by Crippen LogP contribution is -2.46. The first kappa shape index (κ1) is 22.7. The molecule has 0 saturated heterocycles. The molecule has 4 nitrogen and oxygen atoms in total. The molecule has 0 atom stereocenters. The summed E-state index contributed by atoms with van der Waals surface area (Å²) in [4.78, 5) is 21.6. The van der Waals surface area contributed by atoms with Gasteiger partial charge in [-0.15, -0.1) is 0 Å². The molecule has 126 valence electrons. The zero-order valence-electron chi connectivity index (χ0n) is 14.1. The number of hydrogen-bond donors (Lipinski definition) is 2. The summed E-state index contributed by atoms with van der Waals surface area (Å²) in [7, 11) is 0. The van der Waals surface area contributed by atoms with Crippen molar-refractivity contribution in [2.24, 2.45) is 5.73 Å². The molecule has 0 aliphatic rings. The molecule has 0 radical (unpaired) electrons. The van der Waals surface area contributed by atoms with E-state index in [2.05, 4.69) is 29.8 Å². The van der Waals surface area contributed by atoms with Gasteiger partial charge in [-0.2, -0.15) is 0 Å². The predicted molar refractivity (Wildman–Crippen MR) is 93.6 cm³/mol. The van der Waals surface area contributed by atoms with Crippen molar-refractivity contribution in [2.45, 2.75) is 89.8 Å². The number of hydrogen-bond acceptors (Lipinski definition) is 2. The van der Waals surface area contributed by atoms with Crippen molar-refractivity contribution in [3.63, 3.8) is 0 Å². The molecule has 0 heterocycles. The monoisotopic (exact) mass is 364 g/mol. The SMILES string of the molecule is CCC(Br)(CC)C(=O)NC(N)=O.CCCCCCCCC. The van der Waals surface area contributed by atoms with Crippen molar-refractivity contribution in [2.75, 3.05) is 0 Å². The van der Waals surface area contributed by atoms with E-state index in [9.17, 15) is 9.59 Å². The first-order valence-corrected chi connectivity index (χ1v) is 8.96. The Labute approximate surface area is 138 Å². The Balaban J connectivity index is 0. The Morgan fingerprint density at radius 3 is 1.57 bits per heavy atom. The van der Waals surface area contributed by atoms with Crippen molar-refractivity contribution in [1.82, 2.24) is 5.32 Å². The van der Waals surface area contributed by atoms with Gasteiger partial charge in [0.2, 0.25) is 5.91 Å². The van der Waals surface area contributed by atoms with Crippen molar-refractivity contribution in [3.05, 3.63) is 0 Å². The summed E-state index contributed by atoms with van der Waals surface area (Å²) in [6.07, 6.45) is 11.2. The third-order valence-corrected chi connectivity index (χ3v) is 4.95. The lowest BCUT2D eigenvalue weighted by atomic mass is 10.0. The van der Waals surface area contributed by atoms with E-state index < -0.39 is 10.4 Å². The van der Waals surface area contributed by atoms with Crippen molar-refractivity contribution in [3.8, 4) is 0 Å². The van der Waals surface area contributed by atoms with Gasteiger partial charge in [0.05, 0.1) is 0 Å². The van der Waals surface area contributed by atoms with E-state index in [1.54, 1.807) is 0 Å². The van der Waals surface area contributed by atoms with E-state index >= 15 is 0 Å². The molecule has 0 saturated carbocycles. The maximum Gasteiger partial charge on any atom is 0.318 e. The van der Waals surface area contributed by atoms with Gasteiger partial charge in [-0.3, -0.25) is 10.1 Å². The van der Waals surface area contributed by atoms with E-state index in [1.165, 1.54) is 44.9 Å². The number of urea groups is 1. The number of carbonyl (C=O) groups is 2. The van der Waals surface area contributed by atoms with Gasteiger partial charge < -0.3 is 5.73 Å². The molecule has 0 unspecified atom stereocenters. The van der Waals surface area contributed by atoms with Gasteiger partial charge in [0, 0.05) is 0 Å². The van der Waals surface area contributed by atoms with Crippen LogP contribution in [0.25, 0.3) is 0 Å².